The molecule has 0 aliphatic carbocycles. The van der Waals surface area contributed by atoms with Gasteiger partial charge in [0.1, 0.15) is 11.5 Å². The van der Waals surface area contributed by atoms with Gasteiger partial charge in [0.2, 0.25) is 0 Å². The third-order valence-electron chi connectivity index (χ3n) is 3.05. The Balaban J connectivity index is 2.07. The zero-order chi connectivity index (χ0) is 17.9. The number of nitrogens with one attached hydrogen (secondary N) is 2. The van der Waals surface area contributed by atoms with E-state index in [-0.39, 0.29) is 22.4 Å². The molecule has 0 spiro atoms. The quantitative estimate of drug-likeness (QED) is 0.824. The maximum Gasteiger partial charge on any atom is 0.446 e. The first kappa shape index (κ1) is 18.1. The van der Waals surface area contributed by atoms with Crippen LogP contribution in [0.3, 0.4) is 0 Å². The maximum atomic E-state index is 12.3. The monoisotopic (exact) mass is 357 g/mol. The van der Waals surface area contributed by atoms with Crippen LogP contribution < -0.4 is 10.9 Å². The minimum absolute atomic E-state index is 0.0210. The second-order valence-corrected chi connectivity index (χ2v) is 6.17. The number of benzene rings is 1. The van der Waals surface area contributed by atoms with Crippen molar-refractivity contribution in [3.05, 3.63) is 57.8 Å². The summed E-state index contributed by atoms with van der Waals surface area (Å²) >= 11 is -0.200. The number of hydrogen-bond donors (Lipinski definition) is 2. The van der Waals surface area contributed by atoms with Crippen LogP contribution in [0, 0.1) is 6.92 Å². The largest absolute Gasteiger partial charge is 0.446 e. The molecule has 9 heteroatoms. The topological polar surface area (TPSA) is 74.8 Å². The Morgan fingerprint density at radius 3 is 2.46 bits per heavy atom. The predicted octanol–water partition coefficient (Wildman–Crippen LogP) is 3.18. The van der Waals surface area contributed by atoms with Crippen molar-refractivity contribution in [2.24, 2.45) is 0 Å². The van der Waals surface area contributed by atoms with Crippen molar-refractivity contribution in [3.63, 3.8) is 0 Å². The molecule has 0 fully saturated rings. The lowest BCUT2D eigenvalue weighted by molar-refractivity contribution is -0.0328. The van der Waals surface area contributed by atoms with Crippen LogP contribution in [0.25, 0.3) is 0 Å². The molecule has 5 nitrogen and oxygen atoms in total. The smallest absolute Gasteiger partial charge is 0.344 e. The number of aromatic nitrogens is 2. The van der Waals surface area contributed by atoms with Gasteiger partial charge < -0.3 is 10.3 Å². The highest BCUT2D eigenvalue weighted by molar-refractivity contribution is 8.00. The van der Waals surface area contributed by atoms with Crippen molar-refractivity contribution in [2.75, 3.05) is 0 Å². The molecule has 0 bridgehead atoms. The number of amides is 1. The van der Waals surface area contributed by atoms with Gasteiger partial charge in [0.25, 0.3) is 11.5 Å². The Kier molecular flexibility index (Phi) is 5.33. The molecule has 0 aliphatic heterocycles. The molecule has 1 heterocycles. The summed E-state index contributed by atoms with van der Waals surface area (Å²) in [5.74, 6) is -0.223. The molecule has 1 atom stereocenters. The van der Waals surface area contributed by atoms with Gasteiger partial charge in [-0.15, -0.1) is 0 Å². The number of aryl methyl sites for hydroxylation is 1. The van der Waals surface area contributed by atoms with E-state index in [0.717, 1.165) is 6.07 Å². The fourth-order valence-electron chi connectivity index (χ4n) is 2.01. The fraction of sp³-hybridized carbons (Fsp3) is 0.267. The molecule has 0 saturated carbocycles. The molecular weight excluding hydrogens is 343 g/mol. The molecule has 1 aromatic heterocycles. The highest BCUT2D eigenvalue weighted by Crippen LogP contribution is 2.36. The van der Waals surface area contributed by atoms with Crippen LogP contribution in [0.4, 0.5) is 13.2 Å². The first-order valence-electron chi connectivity index (χ1n) is 6.88. The summed E-state index contributed by atoms with van der Waals surface area (Å²) in [4.78, 5) is 29.9. The Hall–Kier alpha value is -2.29. The molecule has 128 valence electrons. The van der Waals surface area contributed by atoms with Crippen LogP contribution in [0.1, 0.15) is 34.8 Å². The lowest BCUT2D eigenvalue weighted by Crippen LogP contribution is -2.29. The van der Waals surface area contributed by atoms with Crippen molar-refractivity contribution in [1.29, 1.82) is 0 Å². The van der Waals surface area contributed by atoms with Crippen LogP contribution in [-0.2, 0) is 0 Å². The predicted molar refractivity (Wildman–Crippen MR) is 83.8 cm³/mol. The Labute approximate surface area is 139 Å². The molecule has 0 saturated heterocycles. The summed E-state index contributed by atoms with van der Waals surface area (Å²) in [5.41, 5.74) is -4.16. The molecule has 0 radical (unpaired) electrons. The molecule has 2 N–H and O–H groups in total. The number of alkyl halides is 3. The minimum atomic E-state index is -4.34. The number of rotatable bonds is 4. The van der Waals surface area contributed by atoms with Crippen LogP contribution in [0.5, 0.6) is 0 Å². The standard InChI is InChI=1S/C15H14F3N3O2S/c1-8(10-3-5-11(6-4-10)24-15(16,17)18)19-14(23)12-7-13(22)21-9(2)20-12/h3-8H,1-2H3,(H,19,23)(H,20,21,22)/t8-/m1/s1. The Morgan fingerprint density at radius 1 is 1.29 bits per heavy atom. The van der Waals surface area contributed by atoms with E-state index >= 15 is 0 Å². The summed E-state index contributed by atoms with van der Waals surface area (Å²) < 4.78 is 36.9. The minimum Gasteiger partial charge on any atom is -0.344 e. The number of aromatic amines is 1. The molecule has 24 heavy (non-hydrogen) atoms. The summed E-state index contributed by atoms with van der Waals surface area (Å²) in [5, 5.41) is 2.65. The van der Waals surface area contributed by atoms with Crippen molar-refractivity contribution in [2.45, 2.75) is 30.3 Å². The molecule has 1 amide bonds. The fourth-order valence-corrected chi connectivity index (χ4v) is 2.55. The van der Waals surface area contributed by atoms with E-state index in [2.05, 4.69) is 15.3 Å². The van der Waals surface area contributed by atoms with Gasteiger partial charge in [0, 0.05) is 11.0 Å². The Bertz CT molecular complexity index is 788. The second kappa shape index (κ2) is 7.08. The van der Waals surface area contributed by atoms with E-state index < -0.39 is 23.0 Å². The summed E-state index contributed by atoms with van der Waals surface area (Å²) in [7, 11) is 0. The van der Waals surface area contributed by atoms with Crippen molar-refractivity contribution in [1.82, 2.24) is 15.3 Å². The average molecular weight is 357 g/mol. The summed E-state index contributed by atoms with van der Waals surface area (Å²) in [6, 6.07) is 6.32. The molecule has 0 aliphatic rings. The molecular formula is C15H14F3N3O2S. The van der Waals surface area contributed by atoms with Crippen LogP contribution in [-0.4, -0.2) is 21.4 Å². The molecule has 1 aromatic carbocycles. The number of nitrogens with zero attached hydrogens (tertiary/aromatic N) is 1. The van der Waals surface area contributed by atoms with E-state index in [9.17, 15) is 22.8 Å². The van der Waals surface area contributed by atoms with Gasteiger partial charge in [0.05, 0.1) is 6.04 Å². The number of carbonyl (C=O) groups excluding carboxylic acids is 1. The van der Waals surface area contributed by atoms with Gasteiger partial charge in [-0.2, -0.15) is 13.2 Å². The highest BCUT2D eigenvalue weighted by Gasteiger charge is 2.29. The normalized spacial score (nSPS) is 12.7. The lowest BCUT2D eigenvalue weighted by Gasteiger charge is -2.15. The van der Waals surface area contributed by atoms with Crippen molar-refractivity contribution < 1.29 is 18.0 Å². The van der Waals surface area contributed by atoms with Crippen molar-refractivity contribution in [3.8, 4) is 0 Å². The lowest BCUT2D eigenvalue weighted by atomic mass is 10.1. The summed E-state index contributed by atoms with van der Waals surface area (Å²) in [6.45, 7) is 3.24. The Morgan fingerprint density at radius 2 is 1.92 bits per heavy atom. The maximum absolute atomic E-state index is 12.3. The summed E-state index contributed by atoms with van der Waals surface area (Å²) in [6.07, 6.45) is 0. The van der Waals surface area contributed by atoms with E-state index in [1.54, 1.807) is 13.8 Å². The van der Waals surface area contributed by atoms with Crippen molar-refractivity contribution >= 4 is 17.7 Å². The number of carbonyl (C=O) groups is 1. The van der Waals surface area contributed by atoms with Crippen LogP contribution >= 0.6 is 11.8 Å². The zero-order valence-corrected chi connectivity index (χ0v) is 13.6. The third-order valence-corrected chi connectivity index (χ3v) is 3.79. The van der Waals surface area contributed by atoms with Gasteiger partial charge in [-0.25, -0.2) is 4.98 Å². The first-order chi connectivity index (χ1) is 11.1. The molecule has 2 aromatic rings. The average Bonchev–Trinajstić information content (AvgIpc) is 2.45. The number of H-pyrrole nitrogens is 1. The van der Waals surface area contributed by atoms with E-state index in [1.807, 2.05) is 0 Å². The van der Waals surface area contributed by atoms with Gasteiger partial charge in [-0.1, -0.05) is 12.1 Å². The number of halogens is 3. The van der Waals surface area contributed by atoms with Gasteiger partial charge >= 0.3 is 5.51 Å². The highest BCUT2D eigenvalue weighted by atomic mass is 32.2. The van der Waals surface area contributed by atoms with Gasteiger partial charge in [-0.05, 0) is 43.3 Å². The zero-order valence-electron chi connectivity index (χ0n) is 12.8. The third kappa shape index (κ3) is 5.12. The van der Waals surface area contributed by atoms with Gasteiger partial charge in [-0.3, -0.25) is 9.59 Å². The SMILES string of the molecule is Cc1nc(C(=O)N[C@H](C)c2ccc(SC(F)(F)F)cc2)cc(=O)[nH]1. The first-order valence-corrected chi connectivity index (χ1v) is 7.70. The molecule has 2 rings (SSSR count). The number of hydrogen-bond acceptors (Lipinski definition) is 4. The van der Waals surface area contributed by atoms with E-state index in [0.29, 0.717) is 11.4 Å². The second-order valence-electron chi connectivity index (χ2n) is 5.03. The van der Waals surface area contributed by atoms with Crippen LogP contribution in [0.2, 0.25) is 0 Å². The molecule has 0 unspecified atom stereocenters. The van der Waals surface area contributed by atoms with E-state index in [4.69, 9.17) is 0 Å². The van der Waals surface area contributed by atoms with Gasteiger partial charge in [0.15, 0.2) is 0 Å². The van der Waals surface area contributed by atoms with E-state index in [1.165, 1.54) is 24.3 Å². The number of thioether (sulfide) groups is 1. The van der Waals surface area contributed by atoms with Crippen LogP contribution in [0.15, 0.2) is 40.0 Å².